The summed E-state index contributed by atoms with van der Waals surface area (Å²) in [5, 5.41) is 6.28. The second-order valence-electron chi connectivity index (χ2n) is 7.16. The van der Waals surface area contributed by atoms with Gasteiger partial charge in [-0.05, 0) is 45.0 Å². The molecule has 10 heteroatoms. The van der Waals surface area contributed by atoms with Gasteiger partial charge in [-0.25, -0.2) is 8.42 Å². The Balaban J connectivity index is 0.00000280. The zero-order valence-electron chi connectivity index (χ0n) is 16.0. The first-order valence-electron chi connectivity index (χ1n) is 9.04. The lowest BCUT2D eigenvalue weighted by molar-refractivity contribution is -0.122. The smallest absolute Gasteiger partial charge is 0.263 e. The van der Waals surface area contributed by atoms with E-state index in [2.05, 4.69) is 20.3 Å². The van der Waals surface area contributed by atoms with Crippen molar-refractivity contribution in [2.75, 3.05) is 33.4 Å². The van der Waals surface area contributed by atoms with E-state index < -0.39 is 16.1 Å². The molecule has 0 saturated carbocycles. The number of ether oxygens (including phenoxy) is 1. The lowest BCUT2D eigenvalue weighted by atomic mass is 9.79. The summed E-state index contributed by atoms with van der Waals surface area (Å²) < 4.78 is 32.1. The van der Waals surface area contributed by atoms with Crippen LogP contribution in [-0.2, 0) is 19.6 Å². The first-order valence-corrected chi connectivity index (χ1v) is 10.5. The van der Waals surface area contributed by atoms with Gasteiger partial charge in [0.1, 0.15) is 11.9 Å². The van der Waals surface area contributed by atoms with Gasteiger partial charge in [-0.2, -0.15) is 0 Å². The monoisotopic (exact) mass is 430 g/mol. The number of hydrogen-bond acceptors (Lipinski definition) is 6. The first kappa shape index (κ1) is 22.6. The molecule has 0 bridgehead atoms. The molecule has 8 nitrogen and oxygen atoms in total. The van der Waals surface area contributed by atoms with Crippen LogP contribution in [0.2, 0.25) is 0 Å². The summed E-state index contributed by atoms with van der Waals surface area (Å²) in [6, 6.07) is 5.89. The minimum absolute atomic E-state index is 0. The van der Waals surface area contributed by atoms with Crippen molar-refractivity contribution in [3.05, 3.63) is 29.8 Å². The molecule has 1 aromatic rings. The zero-order valence-corrected chi connectivity index (χ0v) is 17.7. The van der Waals surface area contributed by atoms with Gasteiger partial charge in [-0.3, -0.25) is 14.5 Å². The van der Waals surface area contributed by atoms with E-state index >= 15 is 0 Å². The van der Waals surface area contributed by atoms with Crippen molar-refractivity contribution in [1.29, 1.82) is 0 Å². The number of piperidine rings is 1. The van der Waals surface area contributed by atoms with E-state index in [1.54, 1.807) is 32.2 Å². The van der Waals surface area contributed by atoms with Gasteiger partial charge in [0.05, 0.1) is 11.5 Å². The Hall–Kier alpha value is -1.68. The van der Waals surface area contributed by atoms with Gasteiger partial charge < -0.3 is 15.4 Å². The molecule has 1 aromatic carbocycles. The third-order valence-electron chi connectivity index (χ3n) is 5.12. The van der Waals surface area contributed by atoms with E-state index in [0.29, 0.717) is 18.7 Å². The number of carbonyl (C=O) groups excluding carboxylic acids is 1. The fourth-order valence-corrected chi connectivity index (χ4v) is 4.78. The number of benzene rings is 1. The average Bonchev–Trinajstić information content (AvgIpc) is 2.91. The number of hydrogen-bond donors (Lipinski definition) is 3. The number of fused-ring (bicyclic) bond motifs is 1. The topological polar surface area (TPSA) is 109 Å². The highest BCUT2D eigenvalue weighted by Crippen LogP contribution is 2.28. The van der Waals surface area contributed by atoms with Crippen molar-refractivity contribution in [2.24, 2.45) is 10.4 Å². The highest BCUT2D eigenvalue weighted by molar-refractivity contribution is 7.90. The van der Waals surface area contributed by atoms with Crippen LogP contribution in [0.3, 0.4) is 0 Å². The van der Waals surface area contributed by atoms with E-state index in [9.17, 15) is 13.2 Å². The molecule has 2 heterocycles. The van der Waals surface area contributed by atoms with Crippen molar-refractivity contribution in [1.82, 2.24) is 15.4 Å². The standard InChI is InChI=1S/C18H26N4O4S.ClH/c1-13(17(23)20-11-18(12-26-2)7-9-19-10-8-18)21-16-14-5-3-4-6-15(14)27(24,25)22-16;/h3-6,13,19H,7-12H2,1-2H3,(H,20,23)(H,21,22);1H. The van der Waals surface area contributed by atoms with Crippen LogP contribution in [-0.4, -0.2) is 59.6 Å². The molecule has 1 unspecified atom stereocenters. The van der Waals surface area contributed by atoms with E-state index in [4.69, 9.17) is 4.74 Å². The van der Waals surface area contributed by atoms with Gasteiger partial charge in [0.2, 0.25) is 5.91 Å². The van der Waals surface area contributed by atoms with Crippen LogP contribution in [0.4, 0.5) is 0 Å². The molecule has 3 N–H and O–H groups in total. The van der Waals surface area contributed by atoms with E-state index in [1.807, 2.05) is 0 Å². The van der Waals surface area contributed by atoms with E-state index in [-0.39, 0.29) is 34.5 Å². The molecule has 1 atom stereocenters. The highest BCUT2D eigenvalue weighted by atomic mass is 35.5. The lowest BCUT2D eigenvalue weighted by Gasteiger charge is -2.37. The average molecular weight is 431 g/mol. The molecule has 3 rings (SSSR count). The molecular formula is C18H27ClN4O4S. The molecule has 1 amide bonds. The fourth-order valence-electron chi connectivity index (χ4n) is 3.54. The van der Waals surface area contributed by atoms with Crippen LogP contribution in [0, 0.1) is 5.41 Å². The van der Waals surface area contributed by atoms with Gasteiger partial charge in [-0.15, -0.1) is 12.4 Å². The van der Waals surface area contributed by atoms with Gasteiger partial charge >= 0.3 is 0 Å². The number of nitrogens with one attached hydrogen (secondary N) is 3. The second kappa shape index (κ2) is 9.21. The number of amides is 1. The Kier molecular flexibility index (Phi) is 7.44. The molecule has 1 saturated heterocycles. The number of amidine groups is 1. The van der Waals surface area contributed by atoms with Crippen LogP contribution < -0.4 is 15.4 Å². The predicted molar refractivity (Wildman–Crippen MR) is 109 cm³/mol. The van der Waals surface area contributed by atoms with Crippen LogP contribution in [0.25, 0.3) is 0 Å². The molecule has 0 aromatic heterocycles. The third-order valence-corrected chi connectivity index (χ3v) is 6.51. The number of carbonyl (C=O) groups is 1. The Morgan fingerprint density at radius 2 is 2.00 bits per heavy atom. The summed E-state index contributed by atoms with van der Waals surface area (Å²) in [5.74, 6) is -0.0261. The fraction of sp³-hybridized carbons (Fsp3) is 0.556. The largest absolute Gasteiger partial charge is 0.384 e. The maximum atomic E-state index is 12.5. The van der Waals surface area contributed by atoms with Crippen LogP contribution in [0.1, 0.15) is 25.3 Å². The van der Waals surface area contributed by atoms with Crippen molar-refractivity contribution in [3.8, 4) is 0 Å². The summed E-state index contributed by atoms with van der Waals surface area (Å²) >= 11 is 0. The number of nitrogens with zero attached hydrogens (tertiary/aromatic N) is 1. The summed E-state index contributed by atoms with van der Waals surface area (Å²) in [6.45, 7) is 4.55. The maximum absolute atomic E-state index is 12.5. The molecule has 2 aliphatic heterocycles. The first-order chi connectivity index (χ1) is 12.9. The Morgan fingerprint density at radius 1 is 1.32 bits per heavy atom. The number of rotatable bonds is 6. The minimum atomic E-state index is -3.61. The van der Waals surface area contributed by atoms with Crippen molar-refractivity contribution in [2.45, 2.75) is 30.7 Å². The van der Waals surface area contributed by atoms with Crippen LogP contribution in [0.5, 0.6) is 0 Å². The van der Waals surface area contributed by atoms with Gasteiger partial charge in [0, 0.05) is 24.6 Å². The second-order valence-corrected chi connectivity index (χ2v) is 8.81. The van der Waals surface area contributed by atoms with E-state index in [1.165, 1.54) is 6.07 Å². The summed E-state index contributed by atoms with van der Waals surface area (Å²) in [7, 11) is -1.94. The van der Waals surface area contributed by atoms with Crippen molar-refractivity contribution in [3.63, 3.8) is 0 Å². The highest BCUT2D eigenvalue weighted by Gasteiger charge is 2.34. The predicted octanol–water partition coefficient (Wildman–Crippen LogP) is 0.668. The SMILES string of the molecule is COCC1(CNC(=O)C(C)N=C2NS(=O)(=O)c3ccccc32)CCNCC1.Cl. The quantitative estimate of drug-likeness (QED) is 0.614. The van der Waals surface area contributed by atoms with Gasteiger partial charge in [0.15, 0.2) is 0 Å². The molecular weight excluding hydrogens is 404 g/mol. The number of aliphatic imine (C=N–C) groups is 1. The van der Waals surface area contributed by atoms with Gasteiger partial charge in [-0.1, -0.05) is 12.1 Å². The van der Waals surface area contributed by atoms with Crippen LogP contribution >= 0.6 is 12.4 Å². The molecule has 1 fully saturated rings. The maximum Gasteiger partial charge on any atom is 0.263 e. The summed E-state index contributed by atoms with van der Waals surface area (Å²) in [5.41, 5.74) is 0.413. The third kappa shape index (κ3) is 4.83. The van der Waals surface area contributed by atoms with E-state index in [0.717, 1.165) is 25.9 Å². The number of sulfonamides is 1. The normalized spacial score (nSPS) is 21.9. The Labute approximate surface area is 172 Å². The van der Waals surface area contributed by atoms with Crippen molar-refractivity contribution >= 4 is 34.2 Å². The summed E-state index contributed by atoms with van der Waals surface area (Å²) in [6.07, 6.45) is 1.86. The molecule has 0 radical (unpaired) electrons. The lowest BCUT2D eigenvalue weighted by Crippen LogP contribution is -2.48. The zero-order chi connectivity index (χ0) is 19.5. The molecule has 0 spiro atoms. The number of methoxy groups -OCH3 is 1. The Bertz CT molecular complexity index is 832. The Morgan fingerprint density at radius 3 is 2.68 bits per heavy atom. The summed E-state index contributed by atoms with van der Waals surface area (Å²) in [4.78, 5) is 17.0. The molecule has 0 aliphatic carbocycles. The molecule has 156 valence electrons. The number of halogens is 1. The van der Waals surface area contributed by atoms with Crippen molar-refractivity contribution < 1.29 is 17.9 Å². The molecule has 28 heavy (non-hydrogen) atoms. The van der Waals surface area contributed by atoms with Gasteiger partial charge in [0.25, 0.3) is 10.0 Å². The minimum Gasteiger partial charge on any atom is -0.384 e. The molecule has 2 aliphatic rings. The van der Waals surface area contributed by atoms with Crippen LogP contribution in [0.15, 0.2) is 34.2 Å².